The number of nitrogen functional groups attached to an aromatic ring is 1. The lowest BCUT2D eigenvalue weighted by Gasteiger charge is -2.32. The van der Waals surface area contributed by atoms with Crippen LogP contribution in [-0.2, 0) is 0 Å². The van der Waals surface area contributed by atoms with Crippen LogP contribution < -0.4 is 16.0 Å². The van der Waals surface area contributed by atoms with Gasteiger partial charge >= 0.3 is 0 Å². The molecule has 0 heterocycles. The number of carbonyl (C=O) groups excluding carboxylic acids is 1. The van der Waals surface area contributed by atoms with Crippen molar-refractivity contribution in [2.24, 2.45) is 5.92 Å². The SMILES string of the molecule is CCNC(=O)c1ccc(N)cc1N(C)CC1CCC1. The van der Waals surface area contributed by atoms with Crippen molar-refractivity contribution in [1.29, 1.82) is 0 Å². The zero-order chi connectivity index (χ0) is 13.8. The first kappa shape index (κ1) is 13.7. The van der Waals surface area contributed by atoms with Crippen LogP contribution >= 0.6 is 0 Å². The van der Waals surface area contributed by atoms with Gasteiger partial charge in [-0.2, -0.15) is 0 Å². The van der Waals surface area contributed by atoms with Crippen molar-refractivity contribution in [3.63, 3.8) is 0 Å². The number of nitrogens with one attached hydrogen (secondary N) is 1. The molecule has 1 saturated carbocycles. The zero-order valence-electron chi connectivity index (χ0n) is 11.8. The van der Waals surface area contributed by atoms with E-state index in [1.165, 1.54) is 19.3 Å². The largest absolute Gasteiger partial charge is 0.399 e. The van der Waals surface area contributed by atoms with Gasteiger partial charge in [-0.05, 0) is 43.9 Å². The summed E-state index contributed by atoms with van der Waals surface area (Å²) >= 11 is 0. The Hall–Kier alpha value is -1.71. The minimum absolute atomic E-state index is 0.0297. The van der Waals surface area contributed by atoms with Crippen molar-refractivity contribution in [3.05, 3.63) is 23.8 Å². The van der Waals surface area contributed by atoms with Gasteiger partial charge in [-0.15, -0.1) is 0 Å². The highest BCUT2D eigenvalue weighted by atomic mass is 16.1. The third-order valence-corrected chi connectivity index (χ3v) is 3.77. The lowest BCUT2D eigenvalue weighted by molar-refractivity contribution is 0.0956. The molecular weight excluding hydrogens is 238 g/mol. The number of nitrogens with zero attached hydrogens (tertiary/aromatic N) is 1. The van der Waals surface area contributed by atoms with E-state index in [1.807, 2.05) is 26.1 Å². The summed E-state index contributed by atoms with van der Waals surface area (Å²) in [6.45, 7) is 3.55. The molecule has 1 aromatic rings. The topological polar surface area (TPSA) is 58.4 Å². The predicted octanol–water partition coefficient (Wildman–Crippen LogP) is 2.25. The fourth-order valence-electron chi connectivity index (χ4n) is 2.47. The maximum atomic E-state index is 12.1. The Morgan fingerprint density at radius 1 is 1.47 bits per heavy atom. The second kappa shape index (κ2) is 5.95. The molecule has 1 aliphatic carbocycles. The maximum absolute atomic E-state index is 12.1. The summed E-state index contributed by atoms with van der Waals surface area (Å²) in [7, 11) is 2.04. The molecule has 2 rings (SSSR count). The average Bonchev–Trinajstić information content (AvgIpc) is 2.33. The summed E-state index contributed by atoms with van der Waals surface area (Å²) in [6.07, 6.45) is 3.92. The van der Waals surface area contributed by atoms with Crippen molar-refractivity contribution in [2.75, 3.05) is 30.8 Å². The number of nitrogens with two attached hydrogens (primary N) is 1. The first-order valence-corrected chi connectivity index (χ1v) is 7.00. The molecule has 0 saturated heterocycles. The Labute approximate surface area is 115 Å². The maximum Gasteiger partial charge on any atom is 0.253 e. The minimum Gasteiger partial charge on any atom is -0.399 e. The quantitative estimate of drug-likeness (QED) is 0.799. The van der Waals surface area contributed by atoms with Crippen LogP contribution in [0.1, 0.15) is 36.5 Å². The van der Waals surface area contributed by atoms with E-state index < -0.39 is 0 Å². The molecule has 1 aromatic carbocycles. The van der Waals surface area contributed by atoms with Crippen LogP contribution in [0, 0.1) is 5.92 Å². The minimum atomic E-state index is -0.0297. The van der Waals surface area contributed by atoms with Gasteiger partial charge in [0.25, 0.3) is 5.91 Å². The summed E-state index contributed by atoms with van der Waals surface area (Å²) in [5.41, 5.74) is 8.19. The van der Waals surface area contributed by atoms with E-state index in [4.69, 9.17) is 5.73 Å². The fraction of sp³-hybridized carbons (Fsp3) is 0.533. The molecule has 0 aliphatic heterocycles. The molecule has 0 radical (unpaired) electrons. The van der Waals surface area contributed by atoms with Gasteiger partial charge < -0.3 is 16.0 Å². The van der Waals surface area contributed by atoms with Crippen LogP contribution in [0.15, 0.2) is 18.2 Å². The molecule has 104 valence electrons. The van der Waals surface area contributed by atoms with E-state index in [9.17, 15) is 4.79 Å². The zero-order valence-corrected chi connectivity index (χ0v) is 11.8. The number of carbonyl (C=O) groups is 1. The third-order valence-electron chi connectivity index (χ3n) is 3.77. The molecule has 4 nitrogen and oxygen atoms in total. The van der Waals surface area contributed by atoms with E-state index in [0.717, 1.165) is 18.2 Å². The first-order valence-electron chi connectivity index (χ1n) is 7.00. The highest BCUT2D eigenvalue weighted by Gasteiger charge is 2.21. The molecular formula is C15H23N3O. The van der Waals surface area contributed by atoms with Crippen LogP contribution in [0.5, 0.6) is 0 Å². The fourth-order valence-corrected chi connectivity index (χ4v) is 2.47. The van der Waals surface area contributed by atoms with Gasteiger partial charge in [0.1, 0.15) is 0 Å². The van der Waals surface area contributed by atoms with Crippen molar-refractivity contribution < 1.29 is 4.79 Å². The molecule has 0 unspecified atom stereocenters. The highest BCUT2D eigenvalue weighted by Crippen LogP contribution is 2.30. The molecule has 1 amide bonds. The Bertz CT molecular complexity index is 455. The summed E-state index contributed by atoms with van der Waals surface area (Å²) in [5, 5.41) is 2.85. The second-order valence-corrected chi connectivity index (χ2v) is 5.31. The van der Waals surface area contributed by atoms with E-state index in [2.05, 4.69) is 10.2 Å². The van der Waals surface area contributed by atoms with Crippen LogP contribution in [0.25, 0.3) is 0 Å². The predicted molar refractivity (Wildman–Crippen MR) is 79.5 cm³/mol. The first-order chi connectivity index (χ1) is 9.11. The molecule has 1 fully saturated rings. The molecule has 19 heavy (non-hydrogen) atoms. The van der Waals surface area contributed by atoms with Crippen molar-refractivity contribution in [3.8, 4) is 0 Å². The lowest BCUT2D eigenvalue weighted by Crippen LogP contribution is -2.32. The molecule has 3 N–H and O–H groups in total. The van der Waals surface area contributed by atoms with Gasteiger partial charge in [-0.3, -0.25) is 4.79 Å². The molecule has 0 aromatic heterocycles. The summed E-state index contributed by atoms with van der Waals surface area (Å²) in [4.78, 5) is 14.2. The van der Waals surface area contributed by atoms with E-state index in [1.54, 1.807) is 6.07 Å². The van der Waals surface area contributed by atoms with Crippen LogP contribution in [-0.4, -0.2) is 26.0 Å². The number of amides is 1. The number of anilines is 2. The van der Waals surface area contributed by atoms with Gasteiger partial charge in [0.2, 0.25) is 0 Å². The summed E-state index contributed by atoms with van der Waals surface area (Å²) in [5.74, 6) is 0.728. The molecule has 1 aliphatic rings. The molecule has 0 bridgehead atoms. The number of rotatable bonds is 5. The summed E-state index contributed by atoms with van der Waals surface area (Å²) < 4.78 is 0. The van der Waals surface area contributed by atoms with Crippen molar-refractivity contribution >= 4 is 17.3 Å². The van der Waals surface area contributed by atoms with E-state index in [-0.39, 0.29) is 5.91 Å². The van der Waals surface area contributed by atoms with Gasteiger partial charge in [-0.25, -0.2) is 0 Å². The lowest BCUT2D eigenvalue weighted by atomic mass is 9.85. The number of hydrogen-bond donors (Lipinski definition) is 2. The van der Waals surface area contributed by atoms with E-state index in [0.29, 0.717) is 17.8 Å². The standard InChI is InChI=1S/C15H23N3O/c1-3-17-15(19)13-8-7-12(16)9-14(13)18(2)10-11-5-4-6-11/h7-9,11H,3-6,10,16H2,1-2H3,(H,17,19). The Morgan fingerprint density at radius 3 is 2.79 bits per heavy atom. The summed E-state index contributed by atoms with van der Waals surface area (Å²) in [6, 6.07) is 5.49. The highest BCUT2D eigenvalue weighted by molar-refractivity contribution is 6.00. The van der Waals surface area contributed by atoms with Gasteiger partial charge in [0.15, 0.2) is 0 Å². The molecule has 0 spiro atoms. The van der Waals surface area contributed by atoms with Crippen LogP contribution in [0.2, 0.25) is 0 Å². The van der Waals surface area contributed by atoms with E-state index >= 15 is 0 Å². The monoisotopic (exact) mass is 261 g/mol. The van der Waals surface area contributed by atoms with Gasteiger partial charge in [-0.1, -0.05) is 6.42 Å². The van der Waals surface area contributed by atoms with Crippen LogP contribution in [0.4, 0.5) is 11.4 Å². The number of hydrogen-bond acceptors (Lipinski definition) is 3. The smallest absolute Gasteiger partial charge is 0.253 e. The van der Waals surface area contributed by atoms with Gasteiger partial charge in [0.05, 0.1) is 11.3 Å². The normalized spacial score (nSPS) is 14.8. The third kappa shape index (κ3) is 3.19. The Balaban J connectivity index is 2.20. The van der Waals surface area contributed by atoms with Gasteiger partial charge in [0, 0.05) is 25.8 Å². The molecule has 4 heteroatoms. The van der Waals surface area contributed by atoms with Crippen molar-refractivity contribution in [2.45, 2.75) is 26.2 Å². The number of benzene rings is 1. The van der Waals surface area contributed by atoms with Crippen molar-refractivity contribution in [1.82, 2.24) is 5.32 Å². The molecule has 0 atom stereocenters. The second-order valence-electron chi connectivity index (χ2n) is 5.31. The van der Waals surface area contributed by atoms with Crippen LogP contribution in [0.3, 0.4) is 0 Å². The average molecular weight is 261 g/mol. The Kier molecular flexibility index (Phi) is 4.30. The Morgan fingerprint density at radius 2 is 2.21 bits per heavy atom.